The Hall–Kier alpha value is -2.79. The molecule has 2 aliphatic rings. The van der Waals surface area contributed by atoms with Gasteiger partial charge in [0.15, 0.2) is 0 Å². The fraction of sp³-hybridized carbons (Fsp3) is 0.304. The largest absolute Gasteiger partial charge is 0.497 e. The van der Waals surface area contributed by atoms with Crippen molar-refractivity contribution in [2.45, 2.75) is 19.8 Å². The minimum Gasteiger partial charge on any atom is -0.497 e. The van der Waals surface area contributed by atoms with Gasteiger partial charge in [0.1, 0.15) is 11.4 Å². The molecule has 2 aromatic carbocycles. The monoisotopic (exact) mass is 410 g/mol. The summed E-state index contributed by atoms with van der Waals surface area (Å²) >= 11 is 6.12. The van der Waals surface area contributed by atoms with Gasteiger partial charge in [0, 0.05) is 18.1 Å². The molecule has 2 aromatic rings. The van der Waals surface area contributed by atoms with Crippen molar-refractivity contribution in [3.63, 3.8) is 0 Å². The summed E-state index contributed by atoms with van der Waals surface area (Å²) in [5, 5.41) is 0.481. The van der Waals surface area contributed by atoms with Crippen molar-refractivity contribution >= 4 is 34.7 Å². The maximum Gasteiger partial charge on any atom is 0.282 e. The molecule has 0 bridgehead atoms. The summed E-state index contributed by atoms with van der Waals surface area (Å²) in [4.78, 5) is 30.2. The topological polar surface area (TPSA) is 49.9 Å². The van der Waals surface area contributed by atoms with Crippen molar-refractivity contribution in [1.29, 1.82) is 0 Å². The molecule has 1 unspecified atom stereocenters. The molecule has 0 saturated carbocycles. The summed E-state index contributed by atoms with van der Waals surface area (Å²) in [6.07, 6.45) is 2.13. The van der Waals surface area contributed by atoms with Crippen LogP contribution in [-0.4, -0.2) is 36.9 Å². The molecule has 6 heteroatoms. The Morgan fingerprint density at radius 2 is 1.83 bits per heavy atom. The summed E-state index contributed by atoms with van der Waals surface area (Å²) in [5.41, 5.74) is 2.11. The Morgan fingerprint density at radius 3 is 2.48 bits per heavy atom. The number of imide groups is 1. The Kier molecular flexibility index (Phi) is 5.33. The highest BCUT2D eigenvalue weighted by atomic mass is 35.5. The predicted octanol–water partition coefficient (Wildman–Crippen LogP) is 4.37. The van der Waals surface area contributed by atoms with E-state index in [1.54, 1.807) is 43.5 Å². The molecule has 0 spiro atoms. The van der Waals surface area contributed by atoms with E-state index in [0.29, 0.717) is 39.2 Å². The fourth-order valence-corrected chi connectivity index (χ4v) is 4.26. The van der Waals surface area contributed by atoms with Crippen molar-refractivity contribution in [2.24, 2.45) is 5.92 Å². The zero-order valence-electron chi connectivity index (χ0n) is 16.5. The average Bonchev–Trinajstić information content (AvgIpc) is 2.98. The number of piperidine rings is 1. The summed E-state index contributed by atoms with van der Waals surface area (Å²) < 4.78 is 5.24. The number of nitrogens with zero attached hydrogens (tertiary/aromatic N) is 2. The minimum absolute atomic E-state index is 0.294. The molecule has 2 amide bonds. The van der Waals surface area contributed by atoms with Gasteiger partial charge in [-0.2, -0.15) is 0 Å². The smallest absolute Gasteiger partial charge is 0.282 e. The lowest BCUT2D eigenvalue weighted by Gasteiger charge is -2.33. The lowest BCUT2D eigenvalue weighted by atomic mass is 9.98. The first-order valence-corrected chi connectivity index (χ1v) is 10.2. The van der Waals surface area contributed by atoms with Crippen LogP contribution in [0.2, 0.25) is 5.02 Å². The quantitative estimate of drug-likeness (QED) is 0.702. The Morgan fingerprint density at radius 1 is 1.07 bits per heavy atom. The van der Waals surface area contributed by atoms with Gasteiger partial charge in [-0.3, -0.25) is 9.59 Å². The van der Waals surface area contributed by atoms with Crippen LogP contribution in [0.5, 0.6) is 5.75 Å². The first kappa shape index (κ1) is 19.5. The molecule has 1 fully saturated rings. The van der Waals surface area contributed by atoms with E-state index in [9.17, 15) is 9.59 Å². The third kappa shape index (κ3) is 3.62. The maximum atomic E-state index is 13.5. The molecule has 0 aromatic heterocycles. The van der Waals surface area contributed by atoms with Crippen LogP contribution >= 0.6 is 11.6 Å². The number of anilines is 1. The number of amides is 2. The molecule has 0 radical (unpaired) electrons. The number of likely N-dealkylation sites (tertiary alicyclic amines) is 1. The van der Waals surface area contributed by atoms with E-state index >= 15 is 0 Å². The number of methoxy groups -OCH3 is 1. The van der Waals surface area contributed by atoms with Crippen LogP contribution in [0.4, 0.5) is 5.69 Å². The summed E-state index contributed by atoms with van der Waals surface area (Å²) in [5.74, 6) is 0.551. The molecule has 1 saturated heterocycles. The van der Waals surface area contributed by atoms with Crippen molar-refractivity contribution in [3.8, 4) is 5.75 Å². The second-order valence-electron chi connectivity index (χ2n) is 7.57. The molecule has 0 aliphatic carbocycles. The van der Waals surface area contributed by atoms with E-state index in [-0.39, 0.29) is 11.8 Å². The van der Waals surface area contributed by atoms with Crippen molar-refractivity contribution in [1.82, 2.24) is 4.90 Å². The average molecular weight is 411 g/mol. The highest BCUT2D eigenvalue weighted by Crippen LogP contribution is 2.37. The van der Waals surface area contributed by atoms with E-state index in [1.807, 2.05) is 12.1 Å². The lowest BCUT2D eigenvalue weighted by molar-refractivity contribution is -0.120. The first-order valence-electron chi connectivity index (χ1n) is 9.77. The molecule has 2 heterocycles. The van der Waals surface area contributed by atoms with Crippen molar-refractivity contribution in [3.05, 3.63) is 64.8 Å². The molecular formula is C23H23ClN2O3. The van der Waals surface area contributed by atoms with Crippen LogP contribution in [0.3, 0.4) is 0 Å². The van der Waals surface area contributed by atoms with Gasteiger partial charge < -0.3 is 9.64 Å². The third-order valence-electron chi connectivity index (χ3n) is 5.48. The van der Waals surface area contributed by atoms with E-state index in [1.165, 1.54) is 4.90 Å². The van der Waals surface area contributed by atoms with E-state index < -0.39 is 0 Å². The van der Waals surface area contributed by atoms with Crippen LogP contribution in [0.25, 0.3) is 5.57 Å². The van der Waals surface area contributed by atoms with Crippen LogP contribution in [0.15, 0.2) is 54.2 Å². The summed E-state index contributed by atoms with van der Waals surface area (Å²) in [7, 11) is 1.60. The van der Waals surface area contributed by atoms with Gasteiger partial charge in [0.25, 0.3) is 11.8 Å². The van der Waals surface area contributed by atoms with Crippen molar-refractivity contribution in [2.75, 3.05) is 25.1 Å². The standard InChI is InChI=1S/C23H23ClN2O3/c1-15-5-4-12-25(14-15)21-20(16-8-10-19(29-2)11-9-16)22(27)26(23(21)28)18-7-3-6-17(24)13-18/h3,6-11,13,15H,4-5,12,14H2,1-2H3. The number of hydrogen-bond donors (Lipinski definition) is 0. The lowest BCUT2D eigenvalue weighted by Crippen LogP contribution is -2.39. The second-order valence-corrected chi connectivity index (χ2v) is 8.01. The van der Waals surface area contributed by atoms with Gasteiger partial charge >= 0.3 is 0 Å². The molecule has 1 atom stereocenters. The number of carbonyl (C=O) groups excluding carboxylic acids is 2. The zero-order chi connectivity index (χ0) is 20.5. The number of rotatable bonds is 4. The van der Waals surface area contributed by atoms with Crippen molar-refractivity contribution < 1.29 is 14.3 Å². The molecule has 2 aliphatic heterocycles. The minimum atomic E-state index is -0.323. The maximum absolute atomic E-state index is 13.5. The number of halogens is 1. The van der Waals surface area contributed by atoms with Crippen LogP contribution in [0.1, 0.15) is 25.3 Å². The zero-order valence-corrected chi connectivity index (χ0v) is 17.3. The highest BCUT2D eigenvalue weighted by Gasteiger charge is 2.43. The summed E-state index contributed by atoms with van der Waals surface area (Å²) in [6.45, 7) is 3.70. The van der Waals surface area contributed by atoms with E-state index in [4.69, 9.17) is 16.3 Å². The molecule has 29 heavy (non-hydrogen) atoms. The second kappa shape index (κ2) is 7.91. The third-order valence-corrected chi connectivity index (χ3v) is 5.71. The van der Waals surface area contributed by atoms with Gasteiger partial charge in [-0.1, -0.05) is 36.7 Å². The number of benzene rings is 2. The van der Waals surface area contributed by atoms with Gasteiger partial charge in [-0.15, -0.1) is 0 Å². The molecule has 4 rings (SSSR count). The first-order chi connectivity index (χ1) is 14.0. The van der Waals surface area contributed by atoms with Crippen LogP contribution in [-0.2, 0) is 9.59 Å². The normalized spacial score (nSPS) is 19.9. The molecule has 150 valence electrons. The number of ether oxygens (including phenoxy) is 1. The van der Waals surface area contributed by atoms with Crippen LogP contribution < -0.4 is 9.64 Å². The SMILES string of the molecule is COc1ccc(C2=C(N3CCCC(C)C3)C(=O)N(c3cccc(Cl)c3)C2=O)cc1. The van der Waals surface area contributed by atoms with Gasteiger partial charge in [0.2, 0.25) is 0 Å². The van der Waals surface area contributed by atoms with Gasteiger partial charge in [-0.05, 0) is 54.7 Å². The van der Waals surface area contributed by atoms with Gasteiger partial charge in [0.05, 0.1) is 18.4 Å². The fourth-order valence-electron chi connectivity index (χ4n) is 4.07. The highest BCUT2D eigenvalue weighted by molar-refractivity contribution is 6.45. The number of hydrogen-bond acceptors (Lipinski definition) is 4. The van der Waals surface area contributed by atoms with E-state index in [0.717, 1.165) is 25.9 Å². The van der Waals surface area contributed by atoms with Gasteiger partial charge in [-0.25, -0.2) is 4.90 Å². The Labute approximate surface area is 175 Å². The van der Waals surface area contributed by atoms with E-state index in [2.05, 4.69) is 11.8 Å². The number of carbonyl (C=O) groups is 2. The molecular weight excluding hydrogens is 388 g/mol. The van der Waals surface area contributed by atoms with Crippen LogP contribution in [0, 0.1) is 5.92 Å². The molecule has 0 N–H and O–H groups in total. The summed E-state index contributed by atoms with van der Waals surface area (Å²) in [6, 6.07) is 14.1. The predicted molar refractivity (Wildman–Crippen MR) is 114 cm³/mol. The Balaban J connectivity index is 1.82. The Bertz CT molecular complexity index is 984. The molecule has 5 nitrogen and oxygen atoms in total.